The summed E-state index contributed by atoms with van der Waals surface area (Å²) in [5, 5.41) is 13.9. The molecule has 0 bridgehead atoms. The highest BCUT2D eigenvalue weighted by atomic mass is 16.4. The van der Waals surface area contributed by atoms with Crippen molar-refractivity contribution in [1.29, 1.82) is 0 Å². The van der Waals surface area contributed by atoms with Crippen LogP contribution in [0.5, 0.6) is 0 Å². The molecule has 1 aliphatic carbocycles. The standard InChI is InChI=1S/C12H22N2O3/c1-8(10-6-4-3-5-7-10)13-12(17)14-9(2)11(15)16/h8-10H,3-7H2,1-2H3,(H,15,16)(H2,13,14,17). The number of urea groups is 1. The summed E-state index contributed by atoms with van der Waals surface area (Å²) in [6, 6.07) is -1.14. The van der Waals surface area contributed by atoms with Gasteiger partial charge in [-0.25, -0.2) is 4.79 Å². The number of carboxylic acids is 1. The Kier molecular flexibility index (Phi) is 5.25. The Morgan fingerprint density at radius 2 is 1.71 bits per heavy atom. The quantitative estimate of drug-likeness (QED) is 0.702. The monoisotopic (exact) mass is 242 g/mol. The Morgan fingerprint density at radius 1 is 1.12 bits per heavy atom. The van der Waals surface area contributed by atoms with Gasteiger partial charge in [0.05, 0.1) is 0 Å². The van der Waals surface area contributed by atoms with E-state index in [2.05, 4.69) is 10.6 Å². The predicted octanol–water partition coefficient (Wildman–Crippen LogP) is 1.73. The molecule has 0 aromatic carbocycles. The molecule has 3 N–H and O–H groups in total. The maximum absolute atomic E-state index is 11.5. The van der Waals surface area contributed by atoms with Crippen LogP contribution in [-0.4, -0.2) is 29.2 Å². The summed E-state index contributed by atoms with van der Waals surface area (Å²) in [5.41, 5.74) is 0. The molecule has 0 aromatic heterocycles. The first-order valence-corrected chi connectivity index (χ1v) is 6.30. The van der Waals surface area contributed by atoms with E-state index in [9.17, 15) is 9.59 Å². The van der Waals surface area contributed by atoms with Gasteiger partial charge in [0.25, 0.3) is 0 Å². The normalized spacial score (nSPS) is 20.4. The minimum absolute atomic E-state index is 0.108. The number of nitrogens with one attached hydrogen (secondary N) is 2. The van der Waals surface area contributed by atoms with Crippen molar-refractivity contribution >= 4 is 12.0 Å². The lowest BCUT2D eigenvalue weighted by molar-refractivity contribution is -0.138. The molecular weight excluding hydrogens is 220 g/mol. The summed E-state index contributed by atoms with van der Waals surface area (Å²) >= 11 is 0. The Balaban J connectivity index is 2.31. The van der Waals surface area contributed by atoms with Gasteiger partial charge < -0.3 is 15.7 Å². The van der Waals surface area contributed by atoms with E-state index >= 15 is 0 Å². The fourth-order valence-corrected chi connectivity index (χ4v) is 2.26. The van der Waals surface area contributed by atoms with Gasteiger partial charge in [-0.2, -0.15) is 0 Å². The van der Waals surface area contributed by atoms with Crippen molar-refractivity contribution in [3.63, 3.8) is 0 Å². The number of carboxylic acid groups (broad SMARTS) is 1. The molecule has 2 unspecified atom stereocenters. The first-order chi connectivity index (χ1) is 8.00. The highest BCUT2D eigenvalue weighted by Gasteiger charge is 2.22. The number of hydrogen-bond donors (Lipinski definition) is 3. The summed E-state index contributed by atoms with van der Waals surface area (Å²) in [6.45, 7) is 3.44. The highest BCUT2D eigenvalue weighted by Crippen LogP contribution is 2.26. The van der Waals surface area contributed by atoms with Crippen molar-refractivity contribution in [1.82, 2.24) is 10.6 Å². The first-order valence-electron chi connectivity index (χ1n) is 6.30. The minimum atomic E-state index is -1.02. The van der Waals surface area contributed by atoms with Crippen molar-refractivity contribution in [3.05, 3.63) is 0 Å². The molecule has 2 atom stereocenters. The van der Waals surface area contributed by atoms with E-state index in [0.29, 0.717) is 5.92 Å². The van der Waals surface area contributed by atoms with Gasteiger partial charge in [-0.3, -0.25) is 4.79 Å². The molecule has 2 amide bonds. The second-order valence-corrected chi connectivity index (χ2v) is 4.86. The molecule has 0 radical (unpaired) electrons. The van der Waals surface area contributed by atoms with E-state index in [1.165, 1.54) is 26.2 Å². The molecule has 1 fully saturated rings. The van der Waals surface area contributed by atoms with Crippen LogP contribution in [-0.2, 0) is 4.79 Å². The third-order valence-electron chi connectivity index (χ3n) is 3.43. The molecule has 17 heavy (non-hydrogen) atoms. The van der Waals surface area contributed by atoms with Gasteiger partial charge in [-0.1, -0.05) is 19.3 Å². The number of carbonyl (C=O) groups is 2. The van der Waals surface area contributed by atoms with Crippen LogP contribution in [0.1, 0.15) is 46.0 Å². The Labute approximate surface area is 102 Å². The lowest BCUT2D eigenvalue weighted by atomic mass is 9.85. The second-order valence-electron chi connectivity index (χ2n) is 4.86. The average Bonchev–Trinajstić information content (AvgIpc) is 2.29. The number of aliphatic carboxylic acids is 1. The molecule has 1 aliphatic rings. The van der Waals surface area contributed by atoms with Crippen LogP contribution >= 0.6 is 0 Å². The molecule has 1 saturated carbocycles. The molecule has 0 saturated heterocycles. The summed E-state index contributed by atoms with van der Waals surface area (Å²) in [7, 11) is 0. The van der Waals surface area contributed by atoms with E-state index in [1.807, 2.05) is 6.92 Å². The second kappa shape index (κ2) is 6.47. The van der Waals surface area contributed by atoms with Gasteiger partial charge in [0.1, 0.15) is 6.04 Å². The molecule has 0 spiro atoms. The smallest absolute Gasteiger partial charge is 0.325 e. The molecule has 5 heteroatoms. The predicted molar refractivity (Wildman–Crippen MR) is 64.8 cm³/mol. The van der Waals surface area contributed by atoms with Crippen molar-refractivity contribution < 1.29 is 14.7 Å². The highest BCUT2D eigenvalue weighted by molar-refractivity contribution is 5.82. The molecule has 0 heterocycles. The zero-order valence-corrected chi connectivity index (χ0v) is 10.5. The lowest BCUT2D eigenvalue weighted by Crippen LogP contribution is -2.49. The van der Waals surface area contributed by atoms with Crippen molar-refractivity contribution in [3.8, 4) is 0 Å². The molecule has 98 valence electrons. The van der Waals surface area contributed by atoms with Gasteiger partial charge in [-0.15, -0.1) is 0 Å². The third-order valence-corrected chi connectivity index (χ3v) is 3.43. The zero-order valence-electron chi connectivity index (χ0n) is 10.5. The van der Waals surface area contributed by atoms with Crippen LogP contribution in [0.2, 0.25) is 0 Å². The minimum Gasteiger partial charge on any atom is -0.480 e. The topological polar surface area (TPSA) is 78.4 Å². The van der Waals surface area contributed by atoms with E-state index in [4.69, 9.17) is 5.11 Å². The van der Waals surface area contributed by atoms with Gasteiger partial charge in [0.15, 0.2) is 0 Å². The molecular formula is C12H22N2O3. The van der Waals surface area contributed by atoms with E-state index in [0.717, 1.165) is 12.8 Å². The molecule has 5 nitrogen and oxygen atoms in total. The van der Waals surface area contributed by atoms with Crippen molar-refractivity contribution in [2.24, 2.45) is 5.92 Å². The lowest BCUT2D eigenvalue weighted by Gasteiger charge is -2.28. The number of amides is 2. The van der Waals surface area contributed by atoms with Gasteiger partial charge in [0, 0.05) is 6.04 Å². The van der Waals surface area contributed by atoms with Gasteiger partial charge >= 0.3 is 12.0 Å². The van der Waals surface area contributed by atoms with Crippen LogP contribution in [0, 0.1) is 5.92 Å². The van der Waals surface area contributed by atoms with E-state index < -0.39 is 18.0 Å². The fraction of sp³-hybridized carbons (Fsp3) is 0.833. The van der Waals surface area contributed by atoms with Crippen LogP contribution < -0.4 is 10.6 Å². The van der Waals surface area contributed by atoms with Crippen LogP contribution in [0.15, 0.2) is 0 Å². The number of rotatable bonds is 4. The van der Waals surface area contributed by atoms with Crippen LogP contribution in [0.4, 0.5) is 4.79 Å². The maximum Gasteiger partial charge on any atom is 0.325 e. The van der Waals surface area contributed by atoms with Gasteiger partial charge in [-0.05, 0) is 32.6 Å². The Morgan fingerprint density at radius 3 is 2.24 bits per heavy atom. The summed E-state index contributed by atoms with van der Waals surface area (Å²) in [4.78, 5) is 22.1. The average molecular weight is 242 g/mol. The van der Waals surface area contributed by atoms with E-state index in [1.54, 1.807) is 0 Å². The Hall–Kier alpha value is -1.26. The summed E-state index contributed by atoms with van der Waals surface area (Å²) in [6.07, 6.45) is 6.03. The Bertz CT molecular complexity index is 275. The number of hydrogen-bond acceptors (Lipinski definition) is 2. The third kappa shape index (κ3) is 4.63. The van der Waals surface area contributed by atoms with Crippen molar-refractivity contribution in [2.45, 2.75) is 58.0 Å². The van der Waals surface area contributed by atoms with Crippen molar-refractivity contribution in [2.75, 3.05) is 0 Å². The maximum atomic E-state index is 11.5. The SMILES string of the molecule is CC(NC(=O)NC(C)C1CCCCC1)C(=O)O. The first kappa shape index (κ1) is 13.8. The molecule has 0 aromatic rings. The molecule has 0 aliphatic heterocycles. The number of carbonyl (C=O) groups excluding carboxylic acids is 1. The van der Waals surface area contributed by atoms with Crippen LogP contribution in [0.25, 0.3) is 0 Å². The van der Waals surface area contributed by atoms with Crippen LogP contribution in [0.3, 0.4) is 0 Å². The summed E-state index contributed by atoms with van der Waals surface area (Å²) < 4.78 is 0. The van der Waals surface area contributed by atoms with E-state index in [-0.39, 0.29) is 6.04 Å². The summed E-state index contributed by atoms with van der Waals surface area (Å²) in [5.74, 6) is -0.500. The zero-order chi connectivity index (χ0) is 12.8. The largest absolute Gasteiger partial charge is 0.480 e. The fourth-order valence-electron chi connectivity index (χ4n) is 2.26. The molecule has 1 rings (SSSR count). The van der Waals surface area contributed by atoms with Gasteiger partial charge in [0.2, 0.25) is 0 Å².